The van der Waals surface area contributed by atoms with E-state index >= 15 is 0 Å². The summed E-state index contributed by atoms with van der Waals surface area (Å²) in [4.78, 5) is 32.4. The summed E-state index contributed by atoms with van der Waals surface area (Å²) in [6.45, 7) is 5.66. The van der Waals surface area contributed by atoms with Crippen LogP contribution >= 0.6 is 11.3 Å². The Labute approximate surface area is 155 Å². The highest BCUT2D eigenvalue weighted by Crippen LogP contribution is 2.27. The molecular formula is C18H21N5O2S. The third-order valence-electron chi connectivity index (χ3n) is 3.75. The second-order valence-corrected chi connectivity index (χ2v) is 7.21. The van der Waals surface area contributed by atoms with Crippen molar-refractivity contribution >= 4 is 23.1 Å². The van der Waals surface area contributed by atoms with E-state index in [1.165, 1.54) is 10.7 Å². The number of hydrogen-bond donors (Lipinski definition) is 2. The Bertz CT molecular complexity index is 956. The van der Waals surface area contributed by atoms with Crippen molar-refractivity contribution in [2.45, 2.75) is 33.6 Å². The largest absolute Gasteiger partial charge is 0.310 e. The van der Waals surface area contributed by atoms with Crippen LogP contribution in [-0.4, -0.2) is 25.7 Å². The summed E-state index contributed by atoms with van der Waals surface area (Å²) < 4.78 is 1.48. The van der Waals surface area contributed by atoms with Crippen LogP contribution in [0.4, 0.5) is 5.82 Å². The molecule has 136 valence electrons. The molecular weight excluding hydrogens is 350 g/mol. The van der Waals surface area contributed by atoms with Crippen molar-refractivity contribution in [2.75, 3.05) is 5.32 Å². The number of carbonyl (C=O) groups excluding carboxylic acids is 1. The van der Waals surface area contributed by atoms with E-state index in [0.29, 0.717) is 29.6 Å². The smallest absolute Gasteiger partial charge is 0.252 e. The maximum Gasteiger partial charge on any atom is 0.252 e. The molecule has 0 aliphatic heterocycles. The number of aromatic nitrogens is 4. The third-order valence-corrected chi connectivity index (χ3v) is 4.64. The first-order valence-electron chi connectivity index (χ1n) is 8.53. The van der Waals surface area contributed by atoms with Crippen LogP contribution in [0.1, 0.15) is 32.9 Å². The van der Waals surface area contributed by atoms with Crippen molar-refractivity contribution in [3.63, 3.8) is 0 Å². The summed E-state index contributed by atoms with van der Waals surface area (Å²) in [5.74, 6) is 0.463. The average molecular weight is 371 g/mol. The van der Waals surface area contributed by atoms with Crippen LogP contribution in [-0.2, 0) is 11.2 Å². The van der Waals surface area contributed by atoms with Gasteiger partial charge in [-0.15, -0.1) is 11.3 Å². The Morgan fingerprint density at radius 2 is 2.19 bits per heavy atom. The molecule has 7 nitrogen and oxygen atoms in total. The molecule has 0 saturated carbocycles. The number of nitrogens with one attached hydrogen (secondary N) is 2. The number of aryl methyl sites for hydroxylation is 1. The molecule has 1 amide bonds. The molecule has 0 aliphatic rings. The van der Waals surface area contributed by atoms with E-state index in [1.807, 2.05) is 38.3 Å². The van der Waals surface area contributed by atoms with Crippen LogP contribution in [0.15, 0.2) is 34.4 Å². The van der Waals surface area contributed by atoms with Gasteiger partial charge >= 0.3 is 0 Å². The van der Waals surface area contributed by atoms with Crippen LogP contribution in [0.3, 0.4) is 0 Å². The van der Waals surface area contributed by atoms with E-state index in [0.717, 1.165) is 11.3 Å². The fourth-order valence-electron chi connectivity index (χ4n) is 2.43. The van der Waals surface area contributed by atoms with Gasteiger partial charge in [-0.25, -0.2) is 4.98 Å². The monoisotopic (exact) mass is 371 g/mol. The average Bonchev–Trinajstić information content (AvgIpc) is 3.23. The van der Waals surface area contributed by atoms with Gasteiger partial charge in [0.05, 0.1) is 4.88 Å². The molecule has 0 unspecified atom stereocenters. The Balaban J connectivity index is 2.09. The second kappa shape index (κ2) is 7.65. The third kappa shape index (κ3) is 3.91. The van der Waals surface area contributed by atoms with Gasteiger partial charge in [-0.1, -0.05) is 33.3 Å². The summed E-state index contributed by atoms with van der Waals surface area (Å²) in [7, 11) is 0. The van der Waals surface area contributed by atoms with Crippen LogP contribution in [0.2, 0.25) is 0 Å². The highest BCUT2D eigenvalue weighted by Gasteiger charge is 2.17. The molecule has 8 heteroatoms. The normalized spacial score (nSPS) is 11.1. The van der Waals surface area contributed by atoms with Gasteiger partial charge in [-0.2, -0.15) is 9.78 Å². The van der Waals surface area contributed by atoms with Gasteiger partial charge in [0.1, 0.15) is 11.5 Å². The van der Waals surface area contributed by atoms with Crippen molar-refractivity contribution in [1.29, 1.82) is 0 Å². The molecule has 0 spiro atoms. The van der Waals surface area contributed by atoms with Crippen LogP contribution in [0.25, 0.3) is 16.5 Å². The standard InChI is InChI=1S/C18H21N5O2S/c1-4-6-12-9-16(24)21-18(19-12)23-15(20-17(25)11(2)3)10-13(22-23)14-7-5-8-26-14/h5,7-11H,4,6H2,1-3H3,(H,20,25)(H,19,21,24). The van der Waals surface area contributed by atoms with E-state index in [9.17, 15) is 9.59 Å². The minimum Gasteiger partial charge on any atom is -0.310 e. The Morgan fingerprint density at radius 3 is 2.85 bits per heavy atom. The lowest BCUT2D eigenvalue weighted by Crippen LogP contribution is -2.22. The van der Waals surface area contributed by atoms with Gasteiger partial charge in [0.25, 0.3) is 5.56 Å². The quantitative estimate of drug-likeness (QED) is 0.696. The van der Waals surface area contributed by atoms with E-state index in [-0.39, 0.29) is 17.4 Å². The minimum absolute atomic E-state index is 0.129. The number of carbonyl (C=O) groups is 1. The fourth-order valence-corrected chi connectivity index (χ4v) is 3.11. The lowest BCUT2D eigenvalue weighted by molar-refractivity contribution is -0.118. The highest BCUT2D eigenvalue weighted by atomic mass is 32.1. The number of rotatable bonds is 6. The van der Waals surface area contributed by atoms with E-state index < -0.39 is 0 Å². The molecule has 26 heavy (non-hydrogen) atoms. The molecule has 3 aromatic rings. The summed E-state index contributed by atoms with van der Waals surface area (Å²) in [5, 5.41) is 9.38. The lowest BCUT2D eigenvalue weighted by Gasteiger charge is -2.10. The fraction of sp³-hybridized carbons (Fsp3) is 0.333. The van der Waals surface area contributed by atoms with Crippen LogP contribution in [0, 0.1) is 5.92 Å². The summed E-state index contributed by atoms with van der Waals surface area (Å²) in [6, 6.07) is 7.17. The van der Waals surface area contributed by atoms with Gasteiger partial charge in [0, 0.05) is 23.7 Å². The highest BCUT2D eigenvalue weighted by molar-refractivity contribution is 7.13. The Kier molecular flexibility index (Phi) is 5.32. The molecule has 0 radical (unpaired) electrons. The first kappa shape index (κ1) is 18.1. The molecule has 3 rings (SSSR count). The lowest BCUT2D eigenvalue weighted by atomic mass is 10.2. The van der Waals surface area contributed by atoms with E-state index in [1.54, 1.807) is 17.4 Å². The number of H-pyrrole nitrogens is 1. The van der Waals surface area contributed by atoms with Gasteiger partial charge in [-0.05, 0) is 17.9 Å². The number of nitrogens with zero attached hydrogens (tertiary/aromatic N) is 3. The number of aromatic amines is 1. The minimum atomic E-state index is -0.243. The van der Waals surface area contributed by atoms with Gasteiger partial charge in [0.15, 0.2) is 0 Å². The van der Waals surface area contributed by atoms with Crippen LogP contribution in [0.5, 0.6) is 0 Å². The SMILES string of the molecule is CCCc1cc(=O)[nH]c(-n2nc(-c3cccs3)cc2NC(=O)C(C)C)n1. The number of anilines is 1. The zero-order chi connectivity index (χ0) is 18.7. The van der Waals surface area contributed by atoms with Crippen LogP contribution < -0.4 is 10.9 Å². The molecule has 3 aromatic heterocycles. The molecule has 0 bridgehead atoms. The first-order chi connectivity index (χ1) is 12.5. The van der Waals surface area contributed by atoms with Crippen molar-refractivity contribution in [3.8, 4) is 16.5 Å². The molecule has 0 fully saturated rings. The van der Waals surface area contributed by atoms with E-state index in [2.05, 4.69) is 20.4 Å². The maximum absolute atomic E-state index is 12.2. The number of hydrogen-bond acceptors (Lipinski definition) is 5. The maximum atomic E-state index is 12.2. The number of amides is 1. The Morgan fingerprint density at radius 1 is 1.38 bits per heavy atom. The van der Waals surface area contributed by atoms with E-state index in [4.69, 9.17) is 0 Å². The zero-order valence-electron chi connectivity index (χ0n) is 14.9. The molecule has 3 heterocycles. The zero-order valence-corrected chi connectivity index (χ0v) is 15.8. The van der Waals surface area contributed by atoms with Gasteiger partial charge in [-0.3, -0.25) is 14.6 Å². The van der Waals surface area contributed by atoms with Gasteiger partial charge < -0.3 is 5.32 Å². The second-order valence-electron chi connectivity index (χ2n) is 6.26. The summed E-state index contributed by atoms with van der Waals surface area (Å²) in [5.41, 5.74) is 1.16. The van der Waals surface area contributed by atoms with Crippen molar-refractivity contribution in [1.82, 2.24) is 19.7 Å². The molecule has 0 aliphatic carbocycles. The van der Waals surface area contributed by atoms with Crippen molar-refractivity contribution in [2.24, 2.45) is 5.92 Å². The molecule has 2 N–H and O–H groups in total. The molecule has 0 aromatic carbocycles. The Hall–Kier alpha value is -2.74. The number of thiophene rings is 1. The van der Waals surface area contributed by atoms with Crippen molar-refractivity contribution < 1.29 is 4.79 Å². The molecule has 0 saturated heterocycles. The topological polar surface area (TPSA) is 92.7 Å². The summed E-state index contributed by atoms with van der Waals surface area (Å²) >= 11 is 1.55. The predicted octanol–water partition coefficient (Wildman–Crippen LogP) is 3.23. The summed E-state index contributed by atoms with van der Waals surface area (Å²) in [6.07, 6.45) is 1.58. The predicted molar refractivity (Wildman–Crippen MR) is 103 cm³/mol. The molecule has 0 atom stereocenters. The van der Waals surface area contributed by atoms with Crippen molar-refractivity contribution in [3.05, 3.63) is 45.7 Å². The first-order valence-corrected chi connectivity index (χ1v) is 9.41. The van der Waals surface area contributed by atoms with Gasteiger partial charge in [0.2, 0.25) is 11.9 Å².